The van der Waals surface area contributed by atoms with Gasteiger partial charge in [-0.05, 0) is 71.1 Å². The minimum Gasteiger partial charge on any atom is -0.351 e. The Morgan fingerprint density at radius 2 is 1.87 bits per heavy atom. The van der Waals surface area contributed by atoms with Crippen molar-refractivity contribution in [2.45, 2.75) is 0 Å². The number of hydrazine groups is 1. The summed E-state index contributed by atoms with van der Waals surface area (Å²) in [4.78, 5) is 21.1. The Kier molecular flexibility index (Phi) is 5.96. The highest BCUT2D eigenvalue weighted by molar-refractivity contribution is 14.1. The molecule has 4 aromatic rings. The van der Waals surface area contributed by atoms with Crippen LogP contribution in [-0.2, 0) is 0 Å². The van der Waals surface area contributed by atoms with Gasteiger partial charge < -0.3 is 5.32 Å². The number of hydrogen-bond donors (Lipinski definition) is 3. The van der Waals surface area contributed by atoms with E-state index in [-0.39, 0.29) is 5.69 Å². The molecule has 0 bridgehead atoms. The van der Waals surface area contributed by atoms with Gasteiger partial charge in [-0.3, -0.25) is 25.6 Å². The number of rotatable bonds is 5. The van der Waals surface area contributed by atoms with Gasteiger partial charge in [0.05, 0.1) is 34.3 Å². The summed E-state index contributed by atoms with van der Waals surface area (Å²) in [6.07, 6.45) is 4.58. The summed E-state index contributed by atoms with van der Waals surface area (Å²) in [6, 6.07) is 13.4. The lowest BCUT2D eigenvalue weighted by Crippen LogP contribution is -2.30. The number of nitrogens with zero attached hydrogens (tertiary/aromatic N) is 2. The van der Waals surface area contributed by atoms with Crippen LogP contribution in [0.25, 0.3) is 10.9 Å². The van der Waals surface area contributed by atoms with Crippen LogP contribution in [0.3, 0.4) is 0 Å². The van der Waals surface area contributed by atoms with Crippen LogP contribution < -0.4 is 16.2 Å². The first-order chi connectivity index (χ1) is 14.5. The fourth-order valence-corrected chi connectivity index (χ4v) is 3.47. The molecule has 0 spiro atoms. The van der Waals surface area contributed by atoms with Gasteiger partial charge in [-0.1, -0.05) is 11.6 Å². The Bertz CT molecular complexity index is 1250. The lowest BCUT2D eigenvalue weighted by molar-refractivity contribution is 0.0963. The molecule has 0 saturated heterocycles. The van der Waals surface area contributed by atoms with Crippen LogP contribution in [0.2, 0.25) is 5.02 Å². The highest BCUT2D eigenvalue weighted by Crippen LogP contribution is 2.25. The molecule has 0 unspecified atom stereocenters. The van der Waals surface area contributed by atoms with E-state index in [0.717, 1.165) is 8.96 Å². The smallest absolute Gasteiger partial charge is 0.271 e. The molecule has 0 aliphatic rings. The second kappa shape index (κ2) is 8.80. The van der Waals surface area contributed by atoms with Crippen molar-refractivity contribution in [2.24, 2.45) is 0 Å². The molecule has 2 aromatic carbocycles. The molecule has 30 heavy (non-hydrogen) atoms. The number of hydrogen-bond acceptors (Lipinski definition) is 5. The normalized spacial score (nSPS) is 10.6. The Balaban J connectivity index is 1.55. The summed E-state index contributed by atoms with van der Waals surface area (Å²) >= 11 is 8.04. The van der Waals surface area contributed by atoms with E-state index < -0.39 is 11.7 Å². The predicted molar refractivity (Wildman–Crippen MR) is 124 cm³/mol. The second-order valence-electron chi connectivity index (χ2n) is 6.27. The van der Waals surface area contributed by atoms with E-state index in [9.17, 15) is 9.18 Å². The molecule has 0 radical (unpaired) electrons. The predicted octanol–water partition coefficient (Wildman–Crippen LogP) is 5.53. The van der Waals surface area contributed by atoms with E-state index in [0.29, 0.717) is 27.5 Å². The van der Waals surface area contributed by atoms with Crippen LogP contribution in [0.5, 0.6) is 0 Å². The molecule has 0 atom stereocenters. The maximum absolute atomic E-state index is 14.2. The average molecular weight is 534 g/mol. The summed E-state index contributed by atoms with van der Waals surface area (Å²) in [7, 11) is 0. The minimum absolute atomic E-state index is 0.252. The first-order valence-electron chi connectivity index (χ1n) is 8.78. The second-order valence-corrected chi connectivity index (χ2v) is 7.95. The third kappa shape index (κ3) is 4.44. The van der Waals surface area contributed by atoms with Crippen molar-refractivity contribution < 1.29 is 9.18 Å². The maximum atomic E-state index is 14.2. The number of carbonyl (C=O) groups excluding carboxylic acids is 1. The van der Waals surface area contributed by atoms with Gasteiger partial charge in [0.2, 0.25) is 0 Å². The van der Waals surface area contributed by atoms with Crippen molar-refractivity contribution in [1.82, 2.24) is 15.4 Å². The summed E-state index contributed by atoms with van der Waals surface area (Å²) < 4.78 is 15.0. The van der Waals surface area contributed by atoms with Crippen molar-refractivity contribution in [2.75, 3.05) is 10.7 Å². The largest absolute Gasteiger partial charge is 0.351 e. The van der Waals surface area contributed by atoms with Gasteiger partial charge >= 0.3 is 0 Å². The molecule has 0 fully saturated rings. The molecule has 0 aliphatic carbocycles. The molecule has 1 amide bonds. The first-order valence-corrected chi connectivity index (χ1v) is 10.2. The van der Waals surface area contributed by atoms with Crippen LogP contribution in [-0.4, -0.2) is 15.9 Å². The fraction of sp³-hybridized carbons (Fsp3) is 0. The third-order valence-corrected chi connectivity index (χ3v) is 5.19. The Morgan fingerprint density at radius 3 is 2.70 bits per heavy atom. The van der Waals surface area contributed by atoms with E-state index >= 15 is 0 Å². The Hall–Kier alpha value is -2.98. The number of pyridine rings is 2. The number of fused-ring (bicyclic) bond motifs is 1. The van der Waals surface area contributed by atoms with E-state index in [1.54, 1.807) is 42.6 Å². The van der Waals surface area contributed by atoms with Crippen LogP contribution in [0.1, 0.15) is 10.4 Å². The lowest BCUT2D eigenvalue weighted by atomic mass is 10.2. The molecule has 3 N–H and O–H groups in total. The number of aromatic nitrogens is 2. The summed E-state index contributed by atoms with van der Waals surface area (Å²) in [5.41, 5.74) is 7.86. The van der Waals surface area contributed by atoms with Crippen molar-refractivity contribution in [3.05, 3.63) is 87.1 Å². The molecular formula is C21H14ClFIN5O. The SMILES string of the molecule is O=C(NNc1ccnc2cc(Cl)ccc12)c1ccncc1Nc1ccc(I)cc1F. The van der Waals surface area contributed by atoms with Crippen LogP contribution in [0, 0.1) is 9.39 Å². The third-order valence-electron chi connectivity index (χ3n) is 4.28. The number of amides is 1. The molecule has 9 heteroatoms. The van der Waals surface area contributed by atoms with Crippen molar-refractivity contribution in [3.63, 3.8) is 0 Å². The monoisotopic (exact) mass is 533 g/mol. The van der Waals surface area contributed by atoms with Crippen molar-refractivity contribution >= 4 is 68.1 Å². The van der Waals surface area contributed by atoms with Crippen molar-refractivity contribution in [3.8, 4) is 0 Å². The number of anilines is 3. The van der Waals surface area contributed by atoms with Gasteiger partial charge in [-0.2, -0.15) is 0 Å². The zero-order chi connectivity index (χ0) is 21.1. The zero-order valence-electron chi connectivity index (χ0n) is 15.3. The molecule has 0 aliphatic heterocycles. The Morgan fingerprint density at radius 1 is 1.00 bits per heavy atom. The Labute approximate surface area is 190 Å². The summed E-state index contributed by atoms with van der Waals surface area (Å²) in [6.45, 7) is 0. The van der Waals surface area contributed by atoms with E-state index in [1.807, 2.05) is 28.7 Å². The molecule has 150 valence electrons. The van der Waals surface area contributed by atoms with Gasteiger partial charge in [-0.15, -0.1) is 0 Å². The van der Waals surface area contributed by atoms with Crippen LogP contribution in [0.4, 0.5) is 21.5 Å². The minimum atomic E-state index is -0.419. The number of nitrogens with one attached hydrogen (secondary N) is 3. The van der Waals surface area contributed by atoms with Gasteiger partial charge in [0, 0.05) is 26.4 Å². The highest BCUT2D eigenvalue weighted by Gasteiger charge is 2.14. The lowest BCUT2D eigenvalue weighted by Gasteiger charge is -2.14. The van der Waals surface area contributed by atoms with E-state index in [4.69, 9.17) is 11.6 Å². The standard InChI is InChI=1S/C21H14ClFIN5O/c22-12-1-3-14-17(6-8-26-19(14)9-12)28-29-21(30)15-5-7-25-11-20(15)27-18-4-2-13(24)10-16(18)23/h1-11,27H,(H,26,28)(H,29,30). The quantitative estimate of drug-likeness (QED) is 0.232. The van der Waals surface area contributed by atoms with Crippen LogP contribution in [0.15, 0.2) is 67.1 Å². The molecule has 4 rings (SSSR count). The van der Waals surface area contributed by atoms with Gasteiger partial charge in [0.15, 0.2) is 0 Å². The number of carbonyl (C=O) groups is 1. The van der Waals surface area contributed by atoms with Gasteiger partial charge in [0.25, 0.3) is 5.91 Å². The van der Waals surface area contributed by atoms with Gasteiger partial charge in [0.1, 0.15) is 5.82 Å². The number of halogens is 3. The molecular weight excluding hydrogens is 520 g/mol. The summed E-state index contributed by atoms with van der Waals surface area (Å²) in [5, 5.41) is 4.31. The first kappa shape index (κ1) is 20.3. The van der Waals surface area contributed by atoms with Crippen LogP contribution >= 0.6 is 34.2 Å². The highest BCUT2D eigenvalue weighted by atomic mass is 127. The van der Waals surface area contributed by atoms with E-state index in [2.05, 4.69) is 26.1 Å². The molecule has 0 saturated carbocycles. The maximum Gasteiger partial charge on any atom is 0.271 e. The number of benzene rings is 2. The molecule has 2 aromatic heterocycles. The molecule has 6 nitrogen and oxygen atoms in total. The fourth-order valence-electron chi connectivity index (χ4n) is 2.85. The zero-order valence-corrected chi connectivity index (χ0v) is 18.2. The van der Waals surface area contributed by atoms with Crippen molar-refractivity contribution in [1.29, 1.82) is 0 Å². The summed E-state index contributed by atoms with van der Waals surface area (Å²) in [5.74, 6) is -0.832. The molecule has 2 heterocycles. The average Bonchev–Trinajstić information content (AvgIpc) is 2.74. The van der Waals surface area contributed by atoms with Gasteiger partial charge in [-0.25, -0.2) is 4.39 Å². The van der Waals surface area contributed by atoms with E-state index in [1.165, 1.54) is 18.5 Å². The topological polar surface area (TPSA) is 78.9 Å².